The normalized spacial score (nSPS) is 10.3. The zero-order valence-corrected chi connectivity index (χ0v) is 11.8. The Balaban J connectivity index is 1.80. The molecule has 3 aromatic carbocycles. The van der Waals surface area contributed by atoms with Gasteiger partial charge in [0.05, 0.1) is 0 Å². The molecule has 0 aliphatic carbocycles. The van der Waals surface area contributed by atoms with Crippen LogP contribution in [-0.2, 0) is 0 Å². The van der Waals surface area contributed by atoms with Crippen LogP contribution in [0.15, 0.2) is 84.9 Å². The molecular weight excluding hydrogens is 244 g/mol. The van der Waals surface area contributed by atoms with Crippen LogP contribution in [0.1, 0.15) is 0 Å². The molecule has 0 aliphatic rings. The molecule has 0 heterocycles. The molecule has 0 unspecified atom stereocenters. The maximum Gasteiger partial charge on any atom is 0.103 e. The fourth-order valence-electron chi connectivity index (χ4n) is 2.14. The summed E-state index contributed by atoms with van der Waals surface area (Å²) in [4.78, 5) is 0. The van der Waals surface area contributed by atoms with E-state index in [1.807, 2.05) is 0 Å². The van der Waals surface area contributed by atoms with E-state index >= 15 is 0 Å². The van der Waals surface area contributed by atoms with Crippen LogP contribution in [0.3, 0.4) is 0 Å². The van der Waals surface area contributed by atoms with E-state index in [1.165, 1.54) is 21.5 Å². The highest BCUT2D eigenvalue weighted by Gasteiger charge is 1.99. The van der Waals surface area contributed by atoms with E-state index in [1.54, 1.807) is 0 Å². The van der Waals surface area contributed by atoms with Gasteiger partial charge in [-0.15, -0.1) is 0 Å². The molecule has 1 heteroatoms. The average Bonchev–Trinajstić information content (AvgIpc) is 2.50. The van der Waals surface area contributed by atoms with Gasteiger partial charge in [0, 0.05) is 0 Å². The fourth-order valence-corrected chi connectivity index (χ4v) is 3.33. The zero-order valence-electron chi connectivity index (χ0n) is 10.7. The molecule has 0 spiro atoms. The van der Waals surface area contributed by atoms with E-state index in [4.69, 9.17) is 0 Å². The molecule has 19 heavy (non-hydrogen) atoms. The van der Waals surface area contributed by atoms with Gasteiger partial charge in [-0.1, -0.05) is 95.3 Å². The highest BCUT2D eigenvalue weighted by atomic mass is 28.2. The number of rotatable bonds is 3. The van der Waals surface area contributed by atoms with Crippen molar-refractivity contribution < 1.29 is 0 Å². The Labute approximate surface area is 116 Å². The Bertz CT molecular complexity index is 628. The van der Waals surface area contributed by atoms with Crippen LogP contribution >= 0.6 is 0 Å². The van der Waals surface area contributed by atoms with Gasteiger partial charge in [-0.3, -0.25) is 0 Å². The second-order valence-electron chi connectivity index (χ2n) is 4.54. The molecule has 0 saturated heterocycles. The first-order chi connectivity index (χ1) is 9.42. The minimum absolute atomic E-state index is 0.200. The van der Waals surface area contributed by atoms with E-state index < -0.39 is 0 Å². The molecule has 0 saturated carbocycles. The Kier molecular flexibility index (Phi) is 3.57. The first kappa shape index (κ1) is 11.9. The Morgan fingerprint density at radius 1 is 0.421 bits per heavy atom. The summed E-state index contributed by atoms with van der Waals surface area (Å²) in [6, 6.07) is 30.2. The molecule has 91 valence electrons. The predicted octanol–water partition coefficient (Wildman–Crippen LogP) is 2.74. The lowest BCUT2D eigenvalue weighted by Crippen LogP contribution is -2.26. The summed E-state index contributed by atoms with van der Waals surface area (Å²) in [5.41, 5.74) is 2.57. The van der Waals surface area contributed by atoms with Gasteiger partial charge in [-0.05, 0) is 11.1 Å². The van der Waals surface area contributed by atoms with Gasteiger partial charge in [0.2, 0.25) is 0 Å². The molecule has 0 fully saturated rings. The van der Waals surface area contributed by atoms with Crippen molar-refractivity contribution in [2.45, 2.75) is 0 Å². The van der Waals surface area contributed by atoms with Crippen LogP contribution in [0.5, 0.6) is 0 Å². The lowest BCUT2D eigenvalue weighted by atomic mass is 10.1. The van der Waals surface area contributed by atoms with Crippen molar-refractivity contribution in [2.75, 3.05) is 0 Å². The first-order valence-corrected chi connectivity index (χ1v) is 7.62. The second-order valence-corrected chi connectivity index (χ2v) is 6.17. The van der Waals surface area contributed by atoms with Crippen molar-refractivity contribution in [3.05, 3.63) is 84.9 Å². The molecule has 0 nitrogen and oxygen atoms in total. The summed E-state index contributed by atoms with van der Waals surface area (Å²) in [7, 11) is 0.200. The van der Waals surface area contributed by atoms with Gasteiger partial charge in [0.1, 0.15) is 9.52 Å². The number of benzene rings is 3. The quantitative estimate of drug-likeness (QED) is 0.635. The van der Waals surface area contributed by atoms with Gasteiger partial charge < -0.3 is 0 Å². The van der Waals surface area contributed by atoms with Gasteiger partial charge in [0.15, 0.2) is 0 Å². The maximum absolute atomic E-state index is 2.25. The topological polar surface area (TPSA) is 0 Å². The molecular formula is C18H15Si. The third-order valence-corrected chi connectivity index (χ3v) is 4.59. The van der Waals surface area contributed by atoms with E-state index in [2.05, 4.69) is 84.9 Å². The van der Waals surface area contributed by atoms with Crippen LogP contribution in [0, 0.1) is 0 Å². The Hall–Kier alpha value is -2.12. The van der Waals surface area contributed by atoms with Gasteiger partial charge in [-0.2, -0.15) is 0 Å². The summed E-state index contributed by atoms with van der Waals surface area (Å²) < 4.78 is 0. The SMILES string of the molecule is c1ccc([SiH]c2ccc(-c3ccccc3)cc2)cc1. The average molecular weight is 259 g/mol. The van der Waals surface area contributed by atoms with Gasteiger partial charge >= 0.3 is 0 Å². The van der Waals surface area contributed by atoms with Crippen molar-refractivity contribution in [3.63, 3.8) is 0 Å². The largest absolute Gasteiger partial charge is 0.103 e. The number of hydrogen-bond acceptors (Lipinski definition) is 0. The summed E-state index contributed by atoms with van der Waals surface area (Å²) in [6.07, 6.45) is 0. The zero-order chi connectivity index (χ0) is 12.9. The standard InChI is InChI=1S/C18H15Si/c1-3-7-15(8-4-1)16-11-13-18(14-12-16)19-17-9-5-2-6-10-17/h1-14,19H. The van der Waals surface area contributed by atoms with E-state index in [0.717, 1.165) is 0 Å². The summed E-state index contributed by atoms with van der Waals surface area (Å²) in [5, 5.41) is 2.88. The highest BCUT2D eigenvalue weighted by molar-refractivity contribution is 6.67. The smallest absolute Gasteiger partial charge is 0.0632 e. The van der Waals surface area contributed by atoms with Gasteiger partial charge in [-0.25, -0.2) is 0 Å². The Morgan fingerprint density at radius 3 is 1.53 bits per heavy atom. The molecule has 1 radical (unpaired) electrons. The summed E-state index contributed by atoms with van der Waals surface area (Å²) in [6.45, 7) is 0. The third-order valence-electron chi connectivity index (χ3n) is 3.15. The summed E-state index contributed by atoms with van der Waals surface area (Å²) in [5.74, 6) is 0. The Morgan fingerprint density at radius 2 is 0.895 bits per heavy atom. The summed E-state index contributed by atoms with van der Waals surface area (Å²) >= 11 is 0. The van der Waals surface area contributed by atoms with E-state index in [9.17, 15) is 0 Å². The second kappa shape index (κ2) is 5.68. The van der Waals surface area contributed by atoms with Crippen LogP contribution in [0.25, 0.3) is 11.1 Å². The fraction of sp³-hybridized carbons (Fsp3) is 0. The molecule has 0 N–H and O–H groups in total. The molecule has 0 amide bonds. The monoisotopic (exact) mass is 259 g/mol. The van der Waals surface area contributed by atoms with Crippen molar-refractivity contribution in [1.29, 1.82) is 0 Å². The van der Waals surface area contributed by atoms with Crippen molar-refractivity contribution in [1.82, 2.24) is 0 Å². The molecule has 3 aromatic rings. The number of hydrogen-bond donors (Lipinski definition) is 0. The van der Waals surface area contributed by atoms with Crippen molar-refractivity contribution >= 4 is 19.9 Å². The highest BCUT2D eigenvalue weighted by Crippen LogP contribution is 2.16. The molecule has 0 bridgehead atoms. The van der Waals surface area contributed by atoms with Gasteiger partial charge in [0.25, 0.3) is 0 Å². The van der Waals surface area contributed by atoms with Crippen LogP contribution in [0.2, 0.25) is 0 Å². The molecule has 0 atom stereocenters. The van der Waals surface area contributed by atoms with Crippen LogP contribution < -0.4 is 10.4 Å². The van der Waals surface area contributed by atoms with E-state index in [-0.39, 0.29) is 9.52 Å². The molecule has 3 rings (SSSR count). The minimum Gasteiger partial charge on any atom is -0.0632 e. The maximum atomic E-state index is 2.25. The molecule has 0 aromatic heterocycles. The van der Waals surface area contributed by atoms with Crippen molar-refractivity contribution in [3.8, 4) is 11.1 Å². The predicted molar refractivity (Wildman–Crippen MR) is 84.7 cm³/mol. The van der Waals surface area contributed by atoms with Crippen molar-refractivity contribution in [2.24, 2.45) is 0 Å². The lowest BCUT2D eigenvalue weighted by Gasteiger charge is -2.04. The first-order valence-electron chi connectivity index (χ1n) is 6.47. The van der Waals surface area contributed by atoms with E-state index in [0.29, 0.717) is 0 Å². The third kappa shape index (κ3) is 3.01. The molecule has 0 aliphatic heterocycles. The lowest BCUT2D eigenvalue weighted by molar-refractivity contribution is 1.63. The minimum atomic E-state index is 0.200. The van der Waals surface area contributed by atoms with Crippen LogP contribution in [-0.4, -0.2) is 9.52 Å². The van der Waals surface area contributed by atoms with Crippen LogP contribution in [0.4, 0.5) is 0 Å².